The van der Waals surface area contributed by atoms with E-state index in [1.54, 1.807) is 0 Å². The second kappa shape index (κ2) is 16.2. The minimum Gasteiger partial charge on any atom is -0.396 e. The molecule has 0 aliphatic rings. The van der Waals surface area contributed by atoms with E-state index >= 15 is 0 Å². The van der Waals surface area contributed by atoms with Crippen LogP contribution in [0, 0.1) is 0 Å². The summed E-state index contributed by atoms with van der Waals surface area (Å²) >= 11 is 0. The van der Waals surface area contributed by atoms with Crippen LogP contribution in [-0.2, 0) is 0 Å². The summed E-state index contributed by atoms with van der Waals surface area (Å²) in [4.78, 5) is 0. The van der Waals surface area contributed by atoms with E-state index in [0.717, 1.165) is 12.6 Å². The molecule has 0 aromatic heterocycles. The standard InChI is InChI=1S/C3H9OP.H4N2/c4-2-1-3-5;1-2/h4H,1-3,5H2;1-2H2. The molecule has 1 unspecified atom stereocenters. The Morgan fingerprint density at radius 3 is 1.86 bits per heavy atom. The Labute approximate surface area is 46.2 Å². The minimum atomic E-state index is 0.323. The highest BCUT2D eigenvalue weighted by Gasteiger charge is 1.69. The summed E-state index contributed by atoms with van der Waals surface area (Å²) in [7, 11) is 2.54. The normalized spacial score (nSPS) is 6.86. The first-order chi connectivity index (χ1) is 3.41. The first-order valence-electron chi connectivity index (χ1n) is 2.06. The Kier molecular flexibility index (Phi) is 23.9. The number of nitrogens with two attached hydrogens (primary N) is 2. The van der Waals surface area contributed by atoms with Crippen LogP contribution < -0.4 is 11.7 Å². The number of aliphatic hydroxyl groups excluding tert-OH is 1. The number of rotatable bonds is 2. The van der Waals surface area contributed by atoms with Crippen molar-refractivity contribution in [1.82, 2.24) is 0 Å². The van der Waals surface area contributed by atoms with Crippen molar-refractivity contribution in [3.63, 3.8) is 0 Å². The highest BCUT2D eigenvalue weighted by Crippen LogP contribution is 1.82. The second-order valence-electron chi connectivity index (χ2n) is 0.866. The van der Waals surface area contributed by atoms with E-state index in [1.807, 2.05) is 0 Å². The summed E-state index contributed by atoms with van der Waals surface area (Å²) in [5.74, 6) is 8.00. The van der Waals surface area contributed by atoms with E-state index in [0.29, 0.717) is 6.61 Å². The number of hydrogen-bond acceptors (Lipinski definition) is 3. The van der Waals surface area contributed by atoms with E-state index in [1.165, 1.54) is 0 Å². The molecule has 1 atom stereocenters. The highest BCUT2D eigenvalue weighted by atomic mass is 31.0. The molecular weight excluding hydrogens is 111 g/mol. The second-order valence-corrected chi connectivity index (χ2v) is 1.44. The molecule has 7 heavy (non-hydrogen) atoms. The van der Waals surface area contributed by atoms with Gasteiger partial charge in [-0.15, -0.1) is 9.24 Å². The van der Waals surface area contributed by atoms with E-state index in [-0.39, 0.29) is 0 Å². The zero-order valence-corrected chi connectivity index (χ0v) is 5.46. The van der Waals surface area contributed by atoms with Crippen molar-refractivity contribution < 1.29 is 5.11 Å². The third-order valence-corrected chi connectivity index (χ3v) is 0.770. The molecule has 0 aliphatic heterocycles. The third kappa shape index (κ3) is 22.0. The Hall–Kier alpha value is 0.310. The summed E-state index contributed by atoms with van der Waals surface area (Å²) in [5.41, 5.74) is 0. The lowest BCUT2D eigenvalue weighted by Gasteiger charge is -1.79. The van der Waals surface area contributed by atoms with Gasteiger partial charge in [0.15, 0.2) is 0 Å². The minimum absolute atomic E-state index is 0.323. The van der Waals surface area contributed by atoms with Gasteiger partial charge in [0.25, 0.3) is 0 Å². The first-order valence-corrected chi connectivity index (χ1v) is 2.87. The molecule has 0 bridgehead atoms. The maximum Gasteiger partial charge on any atom is 0.0434 e. The van der Waals surface area contributed by atoms with Gasteiger partial charge in [-0.2, -0.15) is 0 Å². The van der Waals surface area contributed by atoms with Gasteiger partial charge < -0.3 is 5.11 Å². The maximum atomic E-state index is 8.05. The van der Waals surface area contributed by atoms with Crippen LogP contribution in [0.2, 0.25) is 0 Å². The van der Waals surface area contributed by atoms with Gasteiger partial charge in [0, 0.05) is 6.61 Å². The van der Waals surface area contributed by atoms with Crippen LogP contribution >= 0.6 is 9.24 Å². The fourth-order valence-electron chi connectivity index (χ4n) is 0.0913. The molecule has 0 rings (SSSR count). The fourth-order valence-corrected chi connectivity index (χ4v) is 0.274. The van der Waals surface area contributed by atoms with Gasteiger partial charge in [0.1, 0.15) is 0 Å². The molecule has 0 saturated carbocycles. The average molecular weight is 124 g/mol. The largest absolute Gasteiger partial charge is 0.396 e. The van der Waals surface area contributed by atoms with Crippen molar-refractivity contribution in [2.45, 2.75) is 6.42 Å². The summed E-state index contributed by atoms with van der Waals surface area (Å²) in [6.07, 6.45) is 1.92. The Bertz CT molecular complexity index is 20.4. The smallest absolute Gasteiger partial charge is 0.0434 e. The summed E-state index contributed by atoms with van der Waals surface area (Å²) in [6.45, 7) is 0.323. The molecule has 0 fully saturated rings. The van der Waals surface area contributed by atoms with Crippen LogP contribution in [0.4, 0.5) is 0 Å². The Morgan fingerprint density at radius 2 is 1.86 bits per heavy atom. The topological polar surface area (TPSA) is 72.3 Å². The van der Waals surface area contributed by atoms with Crippen molar-refractivity contribution in [2.24, 2.45) is 11.7 Å². The van der Waals surface area contributed by atoms with Crippen molar-refractivity contribution in [2.75, 3.05) is 12.8 Å². The zero-order valence-electron chi connectivity index (χ0n) is 4.30. The molecule has 0 saturated heterocycles. The highest BCUT2D eigenvalue weighted by molar-refractivity contribution is 7.16. The van der Waals surface area contributed by atoms with Gasteiger partial charge in [0.2, 0.25) is 0 Å². The lowest BCUT2D eigenvalue weighted by molar-refractivity contribution is 0.296. The molecule has 0 aromatic rings. The molecular formula is C3H13N2OP. The monoisotopic (exact) mass is 124 g/mol. The van der Waals surface area contributed by atoms with Crippen molar-refractivity contribution in [1.29, 1.82) is 0 Å². The molecule has 0 aliphatic carbocycles. The van der Waals surface area contributed by atoms with E-state index in [2.05, 4.69) is 20.9 Å². The predicted molar refractivity (Wildman–Crippen MR) is 34.7 cm³/mol. The van der Waals surface area contributed by atoms with Crippen molar-refractivity contribution in [3.05, 3.63) is 0 Å². The quantitative estimate of drug-likeness (QED) is 0.253. The van der Waals surface area contributed by atoms with Crippen LogP contribution in [0.15, 0.2) is 0 Å². The van der Waals surface area contributed by atoms with Gasteiger partial charge in [-0.1, -0.05) is 0 Å². The molecule has 0 spiro atoms. The van der Waals surface area contributed by atoms with Crippen molar-refractivity contribution >= 4 is 9.24 Å². The molecule has 46 valence electrons. The summed E-state index contributed by atoms with van der Waals surface area (Å²) in [6, 6.07) is 0. The van der Waals surface area contributed by atoms with E-state index in [4.69, 9.17) is 5.11 Å². The molecule has 0 radical (unpaired) electrons. The van der Waals surface area contributed by atoms with Gasteiger partial charge in [-0.25, -0.2) is 0 Å². The summed E-state index contributed by atoms with van der Waals surface area (Å²) in [5, 5.41) is 8.05. The molecule has 4 heteroatoms. The molecule has 3 nitrogen and oxygen atoms in total. The Morgan fingerprint density at radius 1 is 1.43 bits per heavy atom. The van der Waals surface area contributed by atoms with Crippen molar-refractivity contribution in [3.8, 4) is 0 Å². The first kappa shape index (κ1) is 10.3. The average Bonchev–Trinajstić information content (AvgIpc) is 1.75. The van der Waals surface area contributed by atoms with Gasteiger partial charge >= 0.3 is 0 Å². The van der Waals surface area contributed by atoms with Gasteiger partial charge in [-0.3, -0.25) is 11.7 Å². The predicted octanol–water partition coefficient (Wildman–Crippen LogP) is -0.937. The Balaban J connectivity index is 0. The molecule has 0 amide bonds. The number of aliphatic hydroxyl groups is 1. The molecule has 5 N–H and O–H groups in total. The number of hydrogen-bond donors (Lipinski definition) is 3. The SMILES string of the molecule is NN.OCCCP. The summed E-state index contributed by atoms with van der Waals surface area (Å²) < 4.78 is 0. The van der Waals surface area contributed by atoms with Crippen LogP contribution in [0.3, 0.4) is 0 Å². The van der Waals surface area contributed by atoms with Crippen LogP contribution in [0.25, 0.3) is 0 Å². The lowest BCUT2D eigenvalue weighted by Crippen LogP contribution is -2.02. The molecule has 0 heterocycles. The van der Waals surface area contributed by atoms with Crippen LogP contribution in [0.5, 0.6) is 0 Å². The fraction of sp³-hybridized carbons (Fsp3) is 1.00. The van der Waals surface area contributed by atoms with Crippen LogP contribution in [-0.4, -0.2) is 17.9 Å². The lowest BCUT2D eigenvalue weighted by atomic mass is 10.5. The maximum absolute atomic E-state index is 8.05. The number of hydrazine groups is 1. The van der Waals surface area contributed by atoms with Gasteiger partial charge in [0.05, 0.1) is 0 Å². The zero-order chi connectivity index (χ0) is 6.12. The third-order valence-electron chi connectivity index (χ3n) is 0.362. The van der Waals surface area contributed by atoms with E-state index in [9.17, 15) is 0 Å². The van der Waals surface area contributed by atoms with E-state index < -0.39 is 0 Å². The van der Waals surface area contributed by atoms with Gasteiger partial charge in [-0.05, 0) is 12.6 Å². The van der Waals surface area contributed by atoms with Crippen LogP contribution in [0.1, 0.15) is 6.42 Å². The molecule has 0 aromatic carbocycles.